The van der Waals surface area contributed by atoms with Crippen molar-refractivity contribution in [2.24, 2.45) is 0 Å². The van der Waals surface area contributed by atoms with Crippen LogP contribution in [0.2, 0.25) is 0 Å². The van der Waals surface area contributed by atoms with Crippen LogP contribution in [0.4, 0.5) is 0 Å². The number of aromatic nitrogens is 1. The van der Waals surface area contributed by atoms with Crippen molar-refractivity contribution >= 4 is 27.5 Å². The average molecular weight is 386 g/mol. The van der Waals surface area contributed by atoms with E-state index in [1.807, 2.05) is 6.08 Å². The second kappa shape index (κ2) is 7.53. The fourth-order valence-electron chi connectivity index (χ4n) is 4.26. The number of rotatable bonds is 4. The summed E-state index contributed by atoms with van der Waals surface area (Å²) in [7, 11) is 0. The minimum absolute atomic E-state index is 1.09. The van der Waals surface area contributed by atoms with E-state index in [1.165, 1.54) is 44.1 Å². The predicted molar refractivity (Wildman–Crippen MR) is 130 cm³/mol. The smallest absolute Gasteiger partial charge is 0.0541 e. The third-order valence-corrected chi connectivity index (χ3v) is 5.74. The summed E-state index contributed by atoms with van der Waals surface area (Å²) >= 11 is 0. The molecule has 0 saturated carbocycles. The third kappa shape index (κ3) is 2.96. The molecule has 4 aromatic carbocycles. The molecule has 1 heteroatoms. The van der Waals surface area contributed by atoms with Gasteiger partial charge < -0.3 is 4.57 Å². The molecule has 0 bridgehead atoms. The molecule has 0 aliphatic rings. The molecule has 0 spiro atoms. The highest BCUT2D eigenvalue weighted by molar-refractivity contribution is 6.12. The molecule has 1 nitrogen and oxygen atoms in total. The summed E-state index contributed by atoms with van der Waals surface area (Å²) in [5, 5.41) is 2.51. The molecular formula is C29H23N. The highest BCUT2D eigenvalue weighted by atomic mass is 15.0. The fraction of sp³-hybridized carbons (Fsp3) is 0.0345. The van der Waals surface area contributed by atoms with Gasteiger partial charge in [-0.3, -0.25) is 0 Å². The number of benzene rings is 4. The Labute approximate surface area is 177 Å². The van der Waals surface area contributed by atoms with Crippen molar-refractivity contribution in [2.45, 2.75) is 6.92 Å². The van der Waals surface area contributed by atoms with Gasteiger partial charge in [0.2, 0.25) is 0 Å². The molecule has 30 heavy (non-hydrogen) atoms. The van der Waals surface area contributed by atoms with Gasteiger partial charge in [0, 0.05) is 16.5 Å². The molecule has 0 unspecified atom stereocenters. The van der Waals surface area contributed by atoms with Gasteiger partial charge in [-0.25, -0.2) is 0 Å². The summed E-state index contributed by atoms with van der Waals surface area (Å²) in [5.41, 5.74) is 8.41. The van der Waals surface area contributed by atoms with Gasteiger partial charge in [-0.1, -0.05) is 85.5 Å². The Hall–Kier alpha value is -3.84. The maximum Gasteiger partial charge on any atom is 0.0541 e. The normalized spacial score (nSPS) is 11.8. The number of hydrogen-bond donors (Lipinski definition) is 0. The quantitative estimate of drug-likeness (QED) is 0.275. The van der Waals surface area contributed by atoms with Crippen molar-refractivity contribution in [1.29, 1.82) is 0 Å². The Bertz CT molecular complexity index is 1290. The van der Waals surface area contributed by atoms with E-state index in [2.05, 4.69) is 121 Å². The largest absolute Gasteiger partial charge is 0.310 e. The molecule has 1 aromatic heterocycles. The molecule has 144 valence electrons. The molecule has 0 saturated heterocycles. The van der Waals surface area contributed by atoms with Crippen LogP contribution in [0.25, 0.3) is 49.8 Å². The van der Waals surface area contributed by atoms with Gasteiger partial charge in [0.1, 0.15) is 0 Å². The molecule has 0 N–H and O–H groups in total. The molecule has 0 amide bonds. The molecule has 0 aliphatic carbocycles. The van der Waals surface area contributed by atoms with E-state index in [9.17, 15) is 0 Å². The van der Waals surface area contributed by atoms with E-state index in [0.29, 0.717) is 0 Å². The number of hydrogen-bond acceptors (Lipinski definition) is 0. The third-order valence-electron chi connectivity index (χ3n) is 5.74. The van der Waals surface area contributed by atoms with Gasteiger partial charge in [0.15, 0.2) is 0 Å². The van der Waals surface area contributed by atoms with Gasteiger partial charge in [0.25, 0.3) is 0 Å². The first-order valence-electron chi connectivity index (χ1n) is 10.3. The molecule has 0 aliphatic heterocycles. The first-order valence-corrected chi connectivity index (χ1v) is 10.3. The zero-order valence-electron chi connectivity index (χ0n) is 17.0. The Morgan fingerprint density at radius 3 is 1.50 bits per heavy atom. The van der Waals surface area contributed by atoms with E-state index in [0.717, 1.165) is 5.70 Å². The van der Waals surface area contributed by atoms with Crippen LogP contribution in [0.3, 0.4) is 0 Å². The molecule has 0 radical (unpaired) electrons. The Balaban J connectivity index is 1.84. The zero-order valence-corrected chi connectivity index (χ0v) is 17.0. The minimum atomic E-state index is 1.09. The van der Waals surface area contributed by atoms with Crippen LogP contribution in [-0.2, 0) is 0 Å². The monoisotopic (exact) mass is 385 g/mol. The lowest BCUT2D eigenvalue weighted by atomic mass is 10.0. The number of nitrogens with zero attached hydrogens (tertiary/aromatic N) is 1. The average Bonchev–Trinajstić information content (AvgIpc) is 3.14. The van der Waals surface area contributed by atoms with Gasteiger partial charge >= 0.3 is 0 Å². The van der Waals surface area contributed by atoms with E-state index in [1.54, 1.807) is 0 Å². The first kappa shape index (κ1) is 18.2. The van der Waals surface area contributed by atoms with Crippen molar-refractivity contribution < 1.29 is 0 Å². The molecule has 0 fully saturated rings. The summed E-state index contributed by atoms with van der Waals surface area (Å²) in [6.07, 6.45) is 4.04. The number of fused-ring (bicyclic) bond motifs is 3. The topological polar surface area (TPSA) is 4.93 Å². The van der Waals surface area contributed by atoms with Crippen LogP contribution in [-0.4, -0.2) is 4.57 Å². The Morgan fingerprint density at radius 1 is 0.633 bits per heavy atom. The summed E-state index contributed by atoms with van der Waals surface area (Å²) in [6.45, 7) is 6.10. The van der Waals surface area contributed by atoms with E-state index < -0.39 is 0 Å². The minimum Gasteiger partial charge on any atom is -0.310 e. The second-order valence-corrected chi connectivity index (χ2v) is 7.45. The SMILES string of the molecule is C=C/C(=C\C)n1c2ccc(-c3ccccc3)cc2c2cc(-c3ccccc3)ccc21. The van der Waals surface area contributed by atoms with Crippen molar-refractivity contribution in [3.63, 3.8) is 0 Å². The Kier molecular flexibility index (Phi) is 4.57. The summed E-state index contributed by atoms with van der Waals surface area (Å²) in [4.78, 5) is 0. The van der Waals surface area contributed by atoms with Crippen LogP contribution in [0.5, 0.6) is 0 Å². The molecule has 5 rings (SSSR count). The molecule has 5 aromatic rings. The maximum atomic E-state index is 4.04. The van der Waals surface area contributed by atoms with Gasteiger partial charge in [-0.05, 0) is 59.5 Å². The second-order valence-electron chi connectivity index (χ2n) is 7.45. The zero-order chi connectivity index (χ0) is 20.5. The van der Waals surface area contributed by atoms with Crippen molar-refractivity contribution in [1.82, 2.24) is 4.57 Å². The molecule has 0 atom stereocenters. The summed E-state index contributed by atoms with van der Waals surface area (Å²) in [6, 6.07) is 34.6. The van der Waals surface area contributed by atoms with Crippen LogP contribution in [0, 0.1) is 0 Å². The number of allylic oxidation sites excluding steroid dienone is 3. The van der Waals surface area contributed by atoms with Crippen LogP contribution in [0.15, 0.2) is 116 Å². The van der Waals surface area contributed by atoms with Crippen molar-refractivity contribution in [3.05, 3.63) is 116 Å². The lowest BCUT2D eigenvalue weighted by Crippen LogP contribution is -1.93. The summed E-state index contributed by atoms with van der Waals surface area (Å²) < 4.78 is 2.31. The van der Waals surface area contributed by atoms with Gasteiger partial charge in [0.05, 0.1) is 11.0 Å². The van der Waals surface area contributed by atoms with Crippen LogP contribution >= 0.6 is 0 Å². The first-order chi connectivity index (χ1) is 14.8. The van der Waals surface area contributed by atoms with Gasteiger partial charge in [-0.15, -0.1) is 0 Å². The van der Waals surface area contributed by atoms with Crippen LogP contribution < -0.4 is 0 Å². The predicted octanol–water partition coefficient (Wildman–Crippen LogP) is 8.18. The van der Waals surface area contributed by atoms with E-state index in [4.69, 9.17) is 0 Å². The Morgan fingerprint density at radius 2 is 1.10 bits per heavy atom. The van der Waals surface area contributed by atoms with Gasteiger partial charge in [-0.2, -0.15) is 0 Å². The summed E-state index contributed by atoms with van der Waals surface area (Å²) in [5.74, 6) is 0. The van der Waals surface area contributed by atoms with Crippen molar-refractivity contribution in [3.8, 4) is 22.3 Å². The fourth-order valence-corrected chi connectivity index (χ4v) is 4.26. The van der Waals surface area contributed by atoms with Crippen molar-refractivity contribution in [2.75, 3.05) is 0 Å². The standard InChI is InChI=1S/C29H23N/c1-3-25(4-2)30-28-17-15-23(21-11-7-5-8-12-21)19-26(28)27-20-24(16-18-29(27)30)22-13-9-6-10-14-22/h3-20H,1H2,2H3/b25-4+. The molecular weight excluding hydrogens is 362 g/mol. The lowest BCUT2D eigenvalue weighted by molar-refractivity contribution is 1.23. The van der Waals surface area contributed by atoms with E-state index in [-0.39, 0.29) is 0 Å². The molecule has 1 heterocycles. The lowest BCUT2D eigenvalue weighted by Gasteiger charge is -2.09. The van der Waals surface area contributed by atoms with E-state index >= 15 is 0 Å². The highest BCUT2D eigenvalue weighted by Gasteiger charge is 2.14. The maximum absolute atomic E-state index is 4.04. The van der Waals surface area contributed by atoms with Crippen LogP contribution in [0.1, 0.15) is 6.92 Å². The highest BCUT2D eigenvalue weighted by Crippen LogP contribution is 2.37.